The Labute approximate surface area is 212 Å². The first-order chi connectivity index (χ1) is 17.9. The van der Waals surface area contributed by atoms with Gasteiger partial charge in [-0.25, -0.2) is 23.7 Å². The predicted octanol–water partition coefficient (Wildman–Crippen LogP) is 5.58. The molecule has 38 heavy (non-hydrogen) atoms. The smallest absolute Gasteiger partial charge is 0.406 e. The first-order valence-corrected chi connectivity index (χ1v) is 11.2. The molecule has 1 unspecified atom stereocenters. The fourth-order valence-corrected chi connectivity index (χ4v) is 3.71. The van der Waals surface area contributed by atoms with Gasteiger partial charge in [0.1, 0.15) is 29.0 Å². The molecule has 0 saturated heterocycles. The van der Waals surface area contributed by atoms with E-state index < -0.39 is 47.5 Å². The third-order valence-electron chi connectivity index (χ3n) is 5.55. The van der Waals surface area contributed by atoms with Crippen molar-refractivity contribution in [2.24, 2.45) is 0 Å². The van der Waals surface area contributed by atoms with E-state index in [0.717, 1.165) is 19.1 Å². The molecular weight excluding hydrogens is 511 g/mol. The van der Waals surface area contributed by atoms with Crippen molar-refractivity contribution >= 4 is 17.1 Å². The molecule has 1 aromatic carbocycles. The average Bonchev–Trinajstić information content (AvgIpc) is 3.27. The summed E-state index contributed by atoms with van der Waals surface area (Å²) >= 11 is 0. The van der Waals surface area contributed by atoms with Gasteiger partial charge in [0.2, 0.25) is 0 Å². The number of carbonyl (C=O) groups excluding carboxylic acids is 1. The van der Waals surface area contributed by atoms with Crippen LogP contribution in [0.5, 0.6) is 5.75 Å². The Balaban J connectivity index is 1.72. The fourth-order valence-electron chi connectivity index (χ4n) is 3.71. The maximum absolute atomic E-state index is 14.4. The van der Waals surface area contributed by atoms with Gasteiger partial charge in [-0.3, -0.25) is 9.36 Å². The van der Waals surface area contributed by atoms with Crippen LogP contribution in [0.4, 0.5) is 22.0 Å². The highest BCUT2D eigenvalue weighted by Gasteiger charge is 2.35. The highest BCUT2D eigenvalue weighted by molar-refractivity contribution is 5.95. The van der Waals surface area contributed by atoms with Crippen LogP contribution in [0, 0.1) is 11.3 Å². The molecule has 0 radical (unpaired) electrons. The van der Waals surface area contributed by atoms with E-state index in [4.69, 9.17) is 5.26 Å². The number of hydrogen-bond donors (Lipinski definition) is 1. The normalized spacial score (nSPS) is 12.7. The van der Waals surface area contributed by atoms with Gasteiger partial charge in [-0.15, -0.1) is 13.2 Å². The first-order valence-electron chi connectivity index (χ1n) is 11.2. The number of ether oxygens (including phenoxy) is 1. The lowest BCUT2D eigenvalue weighted by molar-refractivity contribution is -0.274. The van der Waals surface area contributed by atoms with Gasteiger partial charge < -0.3 is 10.1 Å². The molecule has 0 fully saturated rings. The van der Waals surface area contributed by atoms with Crippen molar-refractivity contribution in [3.8, 4) is 17.6 Å². The minimum atomic E-state index is -5.15. The average molecular weight is 530 g/mol. The van der Waals surface area contributed by atoms with Gasteiger partial charge in [0, 0.05) is 29.9 Å². The van der Waals surface area contributed by atoms with Gasteiger partial charge in [0.15, 0.2) is 5.65 Å². The number of amides is 1. The molecule has 0 aliphatic heterocycles. The van der Waals surface area contributed by atoms with Crippen LogP contribution in [-0.4, -0.2) is 31.8 Å². The van der Waals surface area contributed by atoms with Gasteiger partial charge in [0.25, 0.3) is 11.8 Å². The van der Waals surface area contributed by atoms with Crippen molar-refractivity contribution in [2.75, 3.05) is 0 Å². The molecule has 13 heteroatoms. The second-order valence-corrected chi connectivity index (χ2v) is 8.22. The van der Waals surface area contributed by atoms with Crippen molar-refractivity contribution in [3.63, 3.8) is 0 Å². The Morgan fingerprint density at radius 2 is 1.92 bits per heavy atom. The van der Waals surface area contributed by atoms with E-state index in [0.29, 0.717) is 28.6 Å². The van der Waals surface area contributed by atoms with E-state index >= 15 is 0 Å². The first kappa shape index (κ1) is 26.5. The maximum Gasteiger partial charge on any atom is 0.573 e. The highest BCUT2D eigenvalue weighted by Crippen LogP contribution is 2.36. The van der Waals surface area contributed by atoms with Crippen LogP contribution in [0.1, 0.15) is 53.6 Å². The Hall–Kier alpha value is -4.60. The van der Waals surface area contributed by atoms with Gasteiger partial charge >= 0.3 is 6.36 Å². The summed E-state index contributed by atoms with van der Waals surface area (Å²) in [7, 11) is 0. The van der Waals surface area contributed by atoms with Crippen LogP contribution >= 0.6 is 0 Å². The number of pyridine rings is 2. The zero-order valence-corrected chi connectivity index (χ0v) is 19.9. The molecule has 196 valence electrons. The van der Waals surface area contributed by atoms with Crippen LogP contribution < -0.4 is 10.1 Å². The number of nitriles is 1. The van der Waals surface area contributed by atoms with Crippen molar-refractivity contribution < 1.29 is 31.5 Å². The van der Waals surface area contributed by atoms with E-state index in [9.17, 15) is 26.7 Å². The number of hydrogen-bond acceptors (Lipinski definition) is 6. The van der Waals surface area contributed by atoms with Gasteiger partial charge in [-0.1, -0.05) is 6.92 Å². The second kappa shape index (κ2) is 10.0. The third kappa shape index (κ3) is 5.54. The van der Waals surface area contributed by atoms with E-state index in [-0.39, 0.29) is 5.82 Å². The Bertz CT molecular complexity index is 1530. The molecule has 0 aliphatic rings. The summed E-state index contributed by atoms with van der Waals surface area (Å²) in [5.74, 6) is -4.78. The lowest BCUT2D eigenvalue weighted by atomic mass is 10.0. The number of carbonyl (C=O) groups is 1. The summed E-state index contributed by atoms with van der Waals surface area (Å²) in [4.78, 5) is 26.1. The van der Waals surface area contributed by atoms with Crippen molar-refractivity contribution in [1.82, 2.24) is 24.8 Å². The summed E-state index contributed by atoms with van der Waals surface area (Å²) in [6.45, 7) is 2.71. The van der Waals surface area contributed by atoms with E-state index in [1.807, 2.05) is 6.07 Å². The molecule has 3 heterocycles. The van der Waals surface area contributed by atoms with Crippen molar-refractivity contribution in [1.29, 1.82) is 5.26 Å². The molecule has 8 nitrogen and oxygen atoms in total. The summed E-state index contributed by atoms with van der Waals surface area (Å²) in [5, 5.41) is 11.6. The highest BCUT2D eigenvalue weighted by atomic mass is 19.4. The number of fused-ring (bicyclic) bond motifs is 1. The van der Waals surface area contributed by atoms with Crippen LogP contribution in [0.3, 0.4) is 0 Å². The summed E-state index contributed by atoms with van der Waals surface area (Å²) in [5.41, 5.74) is -0.0853. The molecule has 0 aliphatic carbocycles. The molecule has 1 N–H and O–H groups in total. The maximum atomic E-state index is 14.4. The molecule has 0 saturated carbocycles. The number of nitrogens with one attached hydrogen (secondary N) is 1. The quantitative estimate of drug-likeness (QED) is 0.313. The summed E-state index contributed by atoms with van der Waals surface area (Å²) in [6.07, 6.45) is -2.97. The lowest BCUT2D eigenvalue weighted by Crippen LogP contribution is -2.29. The summed E-state index contributed by atoms with van der Waals surface area (Å²) < 4.78 is 72.6. The van der Waals surface area contributed by atoms with Gasteiger partial charge in [-0.2, -0.15) is 5.26 Å². The monoisotopic (exact) mass is 530 g/mol. The Morgan fingerprint density at radius 3 is 2.55 bits per heavy atom. The molecule has 1 atom stereocenters. The van der Waals surface area contributed by atoms with Crippen molar-refractivity contribution in [3.05, 3.63) is 77.4 Å². The molecule has 4 aromatic rings. The number of rotatable bonds is 7. The molecule has 4 rings (SSSR count). The SMILES string of the molecule is CCC(F)(F)c1cc(OC(F)(F)F)cc(C(=O)NC(C)c2nc3cccnc3n2-c2ccc(C#N)cn2)c1. The predicted molar refractivity (Wildman–Crippen MR) is 125 cm³/mol. The Kier molecular flexibility index (Phi) is 6.99. The number of imidazole rings is 1. The third-order valence-corrected chi connectivity index (χ3v) is 5.55. The van der Waals surface area contributed by atoms with Crippen molar-refractivity contribution in [2.45, 2.75) is 38.6 Å². The second-order valence-electron chi connectivity index (χ2n) is 8.22. The number of aromatic nitrogens is 4. The minimum Gasteiger partial charge on any atom is -0.406 e. The lowest BCUT2D eigenvalue weighted by Gasteiger charge is -2.19. The number of benzene rings is 1. The van der Waals surface area contributed by atoms with Crippen LogP contribution in [0.15, 0.2) is 54.9 Å². The topological polar surface area (TPSA) is 106 Å². The largest absolute Gasteiger partial charge is 0.573 e. The molecule has 0 bridgehead atoms. The van der Waals surface area contributed by atoms with E-state index in [1.165, 1.54) is 18.5 Å². The zero-order valence-electron chi connectivity index (χ0n) is 19.9. The molecule has 3 aromatic heterocycles. The van der Waals surface area contributed by atoms with Gasteiger partial charge in [-0.05, 0) is 49.4 Å². The number of nitrogens with zero attached hydrogens (tertiary/aromatic N) is 5. The van der Waals surface area contributed by atoms with E-state index in [1.54, 1.807) is 29.7 Å². The van der Waals surface area contributed by atoms with Crippen LogP contribution in [0.2, 0.25) is 0 Å². The molecule has 0 spiro atoms. The molecule has 1 amide bonds. The number of alkyl halides is 5. The molecular formula is C25H19F5N6O2. The minimum absolute atomic E-state index is 0.256. The standard InChI is InChI=1S/C25H19F5N6O2/c1-3-24(26,27)17-9-16(10-18(11-17)38-25(28,29)30)23(37)34-14(2)21-35-19-5-4-8-32-22(19)36(21)20-7-6-15(12-31)13-33-20/h4-11,13-14H,3H2,1-2H3,(H,34,37). The zero-order chi connectivity index (χ0) is 27.7. The van der Waals surface area contributed by atoms with Crippen LogP contribution in [-0.2, 0) is 5.92 Å². The Morgan fingerprint density at radius 1 is 1.16 bits per heavy atom. The summed E-state index contributed by atoms with van der Waals surface area (Å²) in [6, 6.07) is 9.62. The van der Waals surface area contributed by atoms with Crippen LogP contribution in [0.25, 0.3) is 17.0 Å². The van der Waals surface area contributed by atoms with E-state index in [2.05, 4.69) is 25.0 Å². The fraction of sp³-hybridized carbons (Fsp3) is 0.240. The number of halogens is 5. The van der Waals surface area contributed by atoms with Gasteiger partial charge in [0.05, 0.1) is 11.6 Å².